The Balaban J connectivity index is -0.000000506. The molecular formula is C30H72N4. The van der Waals surface area contributed by atoms with Crippen LogP contribution in [0.15, 0.2) is 0 Å². The number of nitrogens with two attached hydrogens (primary N) is 1. The van der Waals surface area contributed by atoms with Gasteiger partial charge in [0.15, 0.2) is 0 Å². The van der Waals surface area contributed by atoms with E-state index in [1.165, 1.54) is 25.8 Å². The minimum atomic E-state index is -0.165. The second-order valence-electron chi connectivity index (χ2n) is 11.1. The third-order valence-corrected chi connectivity index (χ3v) is 6.42. The van der Waals surface area contributed by atoms with E-state index >= 15 is 0 Å². The molecule has 1 saturated heterocycles. The first-order valence-electron chi connectivity index (χ1n) is 14.7. The van der Waals surface area contributed by atoms with Crippen molar-refractivity contribution in [3.05, 3.63) is 0 Å². The summed E-state index contributed by atoms with van der Waals surface area (Å²) in [7, 11) is 2.03. The maximum atomic E-state index is 6.69. The van der Waals surface area contributed by atoms with Crippen LogP contribution >= 0.6 is 0 Å². The summed E-state index contributed by atoms with van der Waals surface area (Å²) in [5, 5.41) is 3.39. The molecule has 0 bridgehead atoms. The summed E-state index contributed by atoms with van der Waals surface area (Å²) in [5.74, 6) is 0. The van der Waals surface area contributed by atoms with E-state index in [0.29, 0.717) is 5.41 Å². The molecule has 0 amide bonds. The van der Waals surface area contributed by atoms with E-state index in [9.17, 15) is 0 Å². The zero-order valence-electron chi connectivity index (χ0n) is 27.3. The van der Waals surface area contributed by atoms with E-state index in [2.05, 4.69) is 70.5 Å². The Morgan fingerprint density at radius 3 is 1.59 bits per heavy atom. The molecule has 0 aromatic rings. The normalized spacial score (nSPS) is 17.1. The highest BCUT2D eigenvalue weighted by molar-refractivity contribution is 4.94. The molecule has 0 radical (unpaired) electrons. The number of rotatable bonds is 9. The average molecular weight is 489 g/mol. The molecule has 1 fully saturated rings. The van der Waals surface area contributed by atoms with E-state index in [4.69, 9.17) is 5.73 Å². The molecule has 0 aromatic heterocycles. The van der Waals surface area contributed by atoms with Crippen LogP contribution in [-0.4, -0.2) is 66.2 Å². The molecule has 0 aliphatic carbocycles. The van der Waals surface area contributed by atoms with Gasteiger partial charge >= 0.3 is 0 Å². The summed E-state index contributed by atoms with van der Waals surface area (Å²) in [6.07, 6.45) is 4.71. The van der Waals surface area contributed by atoms with Gasteiger partial charge in [-0.05, 0) is 79.4 Å². The van der Waals surface area contributed by atoms with Crippen LogP contribution in [0.5, 0.6) is 0 Å². The van der Waals surface area contributed by atoms with Gasteiger partial charge < -0.3 is 16.0 Å². The van der Waals surface area contributed by atoms with Gasteiger partial charge in [-0.15, -0.1) is 0 Å². The number of nitrogens with zero attached hydrogens (tertiary/aromatic N) is 2. The Kier molecular flexibility index (Phi) is 25.3. The monoisotopic (exact) mass is 489 g/mol. The molecule has 1 heterocycles. The lowest BCUT2D eigenvalue weighted by atomic mass is 9.77. The van der Waals surface area contributed by atoms with Gasteiger partial charge in [0.05, 0.1) is 0 Å². The van der Waals surface area contributed by atoms with Crippen molar-refractivity contribution >= 4 is 0 Å². The van der Waals surface area contributed by atoms with Gasteiger partial charge in [0, 0.05) is 36.3 Å². The first kappa shape index (κ1) is 41.0. The van der Waals surface area contributed by atoms with E-state index in [0.717, 1.165) is 32.6 Å². The summed E-state index contributed by atoms with van der Waals surface area (Å²) in [6, 6.07) is 0. The average Bonchev–Trinajstić information content (AvgIpc) is 3.03. The third-order valence-electron chi connectivity index (χ3n) is 6.42. The highest BCUT2D eigenvalue weighted by Gasteiger charge is 2.35. The van der Waals surface area contributed by atoms with Crippen LogP contribution in [0, 0.1) is 5.41 Å². The molecule has 34 heavy (non-hydrogen) atoms. The summed E-state index contributed by atoms with van der Waals surface area (Å²) in [5.41, 5.74) is 7.27. The predicted octanol–water partition coefficient (Wildman–Crippen LogP) is 7.81. The fourth-order valence-electron chi connectivity index (χ4n) is 4.81. The predicted molar refractivity (Wildman–Crippen MR) is 161 cm³/mol. The van der Waals surface area contributed by atoms with Gasteiger partial charge in [0.1, 0.15) is 0 Å². The highest BCUT2D eigenvalue weighted by Crippen LogP contribution is 2.34. The summed E-state index contributed by atoms with van der Waals surface area (Å²) >= 11 is 0. The van der Waals surface area contributed by atoms with Crippen molar-refractivity contribution in [2.75, 3.05) is 39.8 Å². The summed E-state index contributed by atoms with van der Waals surface area (Å²) in [6.45, 7) is 40.3. The van der Waals surface area contributed by atoms with Crippen LogP contribution in [-0.2, 0) is 0 Å². The Morgan fingerprint density at radius 1 is 0.706 bits per heavy atom. The molecule has 1 aliphatic heterocycles. The van der Waals surface area contributed by atoms with Gasteiger partial charge in [0.25, 0.3) is 0 Å². The maximum Gasteiger partial charge on any atom is 0.0272 e. The van der Waals surface area contributed by atoms with Gasteiger partial charge in [-0.25, -0.2) is 0 Å². The molecule has 4 heteroatoms. The van der Waals surface area contributed by atoms with E-state index < -0.39 is 0 Å². The van der Waals surface area contributed by atoms with Crippen molar-refractivity contribution < 1.29 is 0 Å². The Morgan fingerprint density at radius 2 is 1.18 bits per heavy atom. The Labute approximate surface area is 219 Å². The van der Waals surface area contributed by atoms with Crippen LogP contribution in [0.4, 0.5) is 0 Å². The van der Waals surface area contributed by atoms with Crippen molar-refractivity contribution in [1.82, 2.24) is 15.1 Å². The minimum absolute atomic E-state index is 0.0785. The van der Waals surface area contributed by atoms with Crippen molar-refractivity contribution in [2.45, 2.75) is 153 Å². The molecule has 1 unspecified atom stereocenters. The molecule has 212 valence electrons. The lowest BCUT2D eigenvalue weighted by molar-refractivity contribution is 0.0722. The number of hydrogen-bond donors (Lipinski definition) is 2. The first-order valence-corrected chi connectivity index (χ1v) is 14.7. The van der Waals surface area contributed by atoms with Crippen molar-refractivity contribution in [1.29, 1.82) is 0 Å². The number of hydrogen-bond acceptors (Lipinski definition) is 4. The molecule has 0 saturated carbocycles. The fourth-order valence-corrected chi connectivity index (χ4v) is 4.81. The molecular weight excluding hydrogens is 416 g/mol. The summed E-state index contributed by atoms with van der Waals surface area (Å²) in [4.78, 5) is 5.31. The first-order chi connectivity index (χ1) is 15.7. The molecule has 4 nitrogen and oxygen atoms in total. The largest absolute Gasteiger partial charge is 0.324 e. The molecule has 0 aromatic carbocycles. The van der Waals surface area contributed by atoms with Gasteiger partial charge in [-0.2, -0.15) is 0 Å². The third kappa shape index (κ3) is 19.1. The highest BCUT2D eigenvalue weighted by atomic mass is 15.3. The Bertz CT molecular complexity index is 428. The summed E-state index contributed by atoms with van der Waals surface area (Å²) < 4.78 is 0. The standard InChI is InChI=1S/C22H48N4.4C2H6/c1-10-19(2,3)16-21(6,7)26-13-11-12-25(14-15-26)18-22(8,23)17-20(4,5)24-9;4*1-2/h24H,10-18,23H2,1-9H3;4*1-2H3. The molecule has 3 N–H and O–H groups in total. The van der Waals surface area contributed by atoms with Gasteiger partial charge in [0.2, 0.25) is 0 Å². The smallest absolute Gasteiger partial charge is 0.0272 e. The lowest BCUT2D eigenvalue weighted by Gasteiger charge is -2.43. The van der Waals surface area contributed by atoms with Crippen LogP contribution in [0.3, 0.4) is 0 Å². The van der Waals surface area contributed by atoms with Gasteiger partial charge in [-0.3, -0.25) is 4.90 Å². The second kappa shape index (κ2) is 21.0. The SMILES string of the molecule is CC.CC.CC.CC.CCC(C)(C)CC(C)(C)N1CCCN(CC(C)(N)CC(C)(C)NC)CC1. The van der Waals surface area contributed by atoms with Crippen LogP contribution in [0.2, 0.25) is 0 Å². The maximum absolute atomic E-state index is 6.69. The molecule has 1 atom stereocenters. The van der Waals surface area contributed by atoms with E-state index in [1.54, 1.807) is 0 Å². The van der Waals surface area contributed by atoms with Crippen molar-refractivity contribution in [2.24, 2.45) is 11.1 Å². The lowest BCUT2D eigenvalue weighted by Crippen LogP contribution is -2.55. The quantitative estimate of drug-likeness (QED) is 0.347. The van der Waals surface area contributed by atoms with E-state index in [-0.39, 0.29) is 16.6 Å². The molecule has 1 rings (SSSR count). The van der Waals surface area contributed by atoms with Crippen molar-refractivity contribution in [3.8, 4) is 0 Å². The zero-order chi connectivity index (χ0) is 28.2. The molecule has 1 aliphatic rings. The van der Waals surface area contributed by atoms with Crippen molar-refractivity contribution in [3.63, 3.8) is 0 Å². The van der Waals surface area contributed by atoms with Gasteiger partial charge in [-0.1, -0.05) is 82.6 Å². The van der Waals surface area contributed by atoms with Crippen LogP contribution < -0.4 is 11.1 Å². The molecule has 0 spiro atoms. The Hall–Kier alpha value is -0.160. The zero-order valence-corrected chi connectivity index (χ0v) is 27.3. The van der Waals surface area contributed by atoms with E-state index in [1.807, 2.05) is 62.4 Å². The number of nitrogens with one attached hydrogen (secondary N) is 1. The topological polar surface area (TPSA) is 44.5 Å². The fraction of sp³-hybridized carbons (Fsp3) is 1.00. The minimum Gasteiger partial charge on any atom is -0.324 e. The van der Waals surface area contributed by atoms with Crippen LogP contribution in [0.1, 0.15) is 136 Å². The van der Waals surface area contributed by atoms with Crippen LogP contribution in [0.25, 0.3) is 0 Å². The second-order valence-corrected chi connectivity index (χ2v) is 11.1.